The molecule has 27 heavy (non-hydrogen) atoms. The lowest BCUT2D eigenvalue weighted by atomic mass is 10.0. The minimum Gasteiger partial charge on any atom is -0.481 e. The quantitative estimate of drug-likeness (QED) is 0.793. The fraction of sp³-hybridized carbons (Fsp3) is 0.474. The summed E-state index contributed by atoms with van der Waals surface area (Å²) in [6, 6.07) is 7.34. The minimum absolute atomic E-state index is 0.0760. The van der Waals surface area contributed by atoms with E-state index in [4.69, 9.17) is 4.74 Å². The monoisotopic (exact) mass is 370 g/mol. The Bertz CT molecular complexity index is 761. The van der Waals surface area contributed by atoms with Gasteiger partial charge in [-0.15, -0.1) is 10.2 Å². The Morgan fingerprint density at radius 1 is 1.30 bits per heavy atom. The Kier molecular flexibility index (Phi) is 5.85. The molecule has 144 valence electrons. The molecule has 8 nitrogen and oxygen atoms in total. The van der Waals surface area contributed by atoms with E-state index in [1.807, 2.05) is 17.0 Å². The van der Waals surface area contributed by atoms with Crippen molar-refractivity contribution in [2.45, 2.75) is 25.8 Å². The lowest BCUT2D eigenvalue weighted by molar-refractivity contribution is 0.0645. The molecule has 0 aromatic carbocycles. The largest absolute Gasteiger partial charge is 0.481 e. The first kappa shape index (κ1) is 19.0. The van der Waals surface area contributed by atoms with Gasteiger partial charge in [0.25, 0.3) is 5.91 Å². The number of methoxy groups -OCH3 is 1. The van der Waals surface area contributed by atoms with E-state index >= 15 is 0 Å². The van der Waals surface area contributed by atoms with Crippen molar-refractivity contribution in [2.75, 3.05) is 38.6 Å². The van der Waals surface area contributed by atoms with E-state index in [9.17, 15) is 4.79 Å². The number of nitrogens with zero attached hydrogens (tertiary/aromatic N) is 4. The predicted octanol–water partition coefficient (Wildman–Crippen LogP) is 1.36. The van der Waals surface area contributed by atoms with Gasteiger partial charge < -0.3 is 20.3 Å². The lowest BCUT2D eigenvalue weighted by Gasteiger charge is -2.38. The Hall–Kier alpha value is -2.74. The molecule has 0 unspecified atom stereocenters. The molecule has 0 radical (unpaired) electrons. The van der Waals surface area contributed by atoms with Gasteiger partial charge in [-0.1, -0.05) is 6.07 Å². The molecule has 1 saturated heterocycles. The van der Waals surface area contributed by atoms with Crippen molar-refractivity contribution in [3.8, 4) is 5.88 Å². The molecule has 2 aromatic heterocycles. The van der Waals surface area contributed by atoms with Crippen LogP contribution in [0.2, 0.25) is 0 Å². The second-order valence-electron chi connectivity index (χ2n) is 7.23. The zero-order valence-electron chi connectivity index (χ0n) is 16.0. The molecule has 1 aliphatic heterocycles. The smallest absolute Gasteiger partial charge is 0.274 e. The third-order valence-electron chi connectivity index (χ3n) is 4.47. The first-order valence-electron chi connectivity index (χ1n) is 9.08. The van der Waals surface area contributed by atoms with Crippen LogP contribution in [0, 0.1) is 0 Å². The Morgan fingerprint density at radius 2 is 2.15 bits per heavy atom. The fourth-order valence-corrected chi connectivity index (χ4v) is 3.03. The number of carbonyl (C=O) groups is 1. The average Bonchev–Trinajstić information content (AvgIpc) is 2.68. The van der Waals surface area contributed by atoms with Gasteiger partial charge in [0.15, 0.2) is 5.69 Å². The highest BCUT2D eigenvalue weighted by Gasteiger charge is 2.29. The van der Waals surface area contributed by atoms with Crippen molar-refractivity contribution in [3.63, 3.8) is 0 Å². The molecule has 1 fully saturated rings. The highest BCUT2D eigenvalue weighted by Crippen LogP contribution is 2.13. The molecular weight excluding hydrogens is 344 g/mol. The molecule has 0 atom stereocenters. The Morgan fingerprint density at radius 3 is 2.78 bits per heavy atom. The molecule has 2 N–H and O–H groups in total. The van der Waals surface area contributed by atoms with Gasteiger partial charge in [-0.2, -0.15) is 0 Å². The van der Waals surface area contributed by atoms with E-state index in [-0.39, 0.29) is 11.4 Å². The molecule has 2 aromatic rings. The van der Waals surface area contributed by atoms with E-state index in [1.165, 1.54) is 0 Å². The number of aromatic nitrogens is 3. The van der Waals surface area contributed by atoms with Crippen LogP contribution in [-0.4, -0.2) is 64.8 Å². The zero-order chi connectivity index (χ0) is 19.3. The van der Waals surface area contributed by atoms with Crippen molar-refractivity contribution in [2.24, 2.45) is 0 Å². The summed E-state index contributed by atoms with van der Waals surface area (Å²) in [5, 5.41) is 14.8. The van der Waals surface area contributed by atoms with Gasteiger partial charge in [-0.25, -0.2) is 4.98 Å². The molecular formula is C19H26N6O2. The minimum atomic E-state index is -0.0842. The van der Waals surface area contributed by atoms with Crippen LogP contribution in [0.3, 0.4) is 0 Å². The van der Waals surface area contributed by atoms with E-state index in [0.717, 1.165) is 18.5 Å². The first-order valence-corrected chi connectivity index (χ1v) is 9.08. The van der Waals surface area contributed by atoms with Crippen molar-refractivity contribution in [1.82, 2.24) is 25.4 Å². The summed E-state index contributed by atoms with van der Waals surface area (Å²) in [7, 11) is 1.60. The number of ether oxygens (including phenoxy) is 1. The summed E-state index contributed by atoms with van der Waals surface area (Å²) in [5.74, 6) is 1.17. The van der Waals surface area contributed by atoms with Crippen LogP contribution in [-0.2, 0) is 6.42 Å². The van der Waals surface area contributed by atoms with Crippen molar-refractivity contribution < 1.29 is 9.53 Å². The first-order chi connectivity index (χ1) is 13.0. The number of hydrogen-bond acceptors (Lipinski definition) is 7. The topological polar surface area (TPSA) is 92.3 Å². The van der Waals surface area contributed by atoms with Crippen LogP contribution >= 0.6 is 0 Å². The molecule has 8 heteroatoms. The Balaban J connectivity index is 1.51. The second kappa shape index (κ2) is 8.30. The van der Waals surface area contributed by atoms with Crippen molar-refractivity contribution in [1.29, 1.82) is 0 Å². The number of carbonyl (C=O) groups excluding carboxylic acids is 1. The van der Waals surface area contributed by atoms with Crippen LogP contribution in [0.15, 0.2) is 30.5 Å². The van der Waals surface area contributed by atoms with Crippen LogP contribution in [0.1, 0.15) is 29.9 Å². The van der Waals surface area contributed by atoms with Gasteiger partial charge in [-0.05, 0) is 38.0 Å². The summed E-state index contributed by atoms with van der Waals surface area (Å²) in [5.41, 5.74) is 1.39. The Labute approximate surface area is 159 Å². The van der Waals surface area contributed by atoms with Crippen LogP contribution < -0.4 is 15.4 Å². The maximum absolute atomic E-state index is 12.6. The molecule has 0 spiro atoms. The number of hydrogen-bond donors (Lipinski definition) is 2. The summed E-state index contributed by atoms with van der Waals surface area (Å²) < 4.78 is 5.05. The number of nitrogens with one attached hydrogen (secondary N) is 2. The number of amides is 1. The SMILES string of the molecule is COc1ccc(CCNc2ccc(C(=O)N3CCNC(C)(C)C3)nn2)cn1. The maximum Gasteiger partial charge on any atom is 0.274 e. The van der Waals surface area contributed by atoms with Gasteiger partial charge in [0.1, 0.15) is 5.82 Å². The maximum atomic E-state index is 12.6. The third-order valence-corrected chi connectivity index (χ3v) is 4.47. The normalized spacial score (nSPS) is 16.0. The van der Waals surface area contributed by atoms with Gasteiger partial charge in [0.05, 0.1) is 7.11 Å². The van der Waals surface area contributed by atoms with E-state index < -0.39 is 0 Å². The predicted molar refractivity (Wildman–Crippen MR) is 103 cm³/mol. The zero-order valence-corrected chi connectivity index (χ0v) is 16.0. The van der Waals surface area contributed by atoms with Crippen LogP contribution in [0.5, 0.6) is 5.88 Å². The molecule has 0 bridgehead atoms. The molecule has 3 rings (SSSR count). The standard InChI is InChI=1S/C19H26N6O2/c1-19(2)13-25(11-10-22-19)18(26)15-5-6-16(24-23-15)20-9-8-14-4-7-17(27-3)21-12-14/h4-7,12,22H,8-11,13H2,1-3H3,(H,20,24). The van der Waals surface area contributed by atoms with Gasteiger partial charge >= 0.3 is 0 Å². The van der Waals surface area contributed by atoms with Crippen LogP contribution in [0.25, 0.3) is 0 Å². The van der Waals surface area contributed by atoms with E-state index in [0.29, 0.717) is 37.0 Å². The van der Waals surface area contributed by atoms with Gasteiger partial charge in [-0.3, -0.25) is 4.79 Å². The van der Waals surface area contributed by atoms with Gasteiger partial charge in [0.2, 0.25) is 5.88 Å². The number of anilines is 1. The summed E-state index contributed by atoms with van der Waals surface area (Å²) in [6.07, 6.45) is 2.60. The molecule has 1 amide bonds. The summed E-state index contributed by atoms with van der Waals surface area (Å²) in [6.45, 7) is 6.99. The van der Waals surface area contributed by atoms with E-state index in [1.54, 1.807) is 25.4 Å². The summed E-state index contributed by atoms with van der Waals surface area (Å²) in [4.78, 5) is 18.6. The van der Waals surface area contributed by atoms with Crippen LogP contribution in [0.4, 0.5) is 5.82 Å². The highest BCUT2D eigenvalue weighted by molar-refractivity contribution is 5.92. The number of piperazine rings is 1. The molecule has 0 aliphatic carbocycles. The summed E-state index contributed by atoms with van der Waals surface area (Å²) >= 11 is 0. The molecule has 1 aliphatic rings. The molecule has 0 saturated carbocycles. The second-order valence-corrected chi connectivity index (χ2v) is 7.23. The lowest BCUT2D eigenvalue weighted by Crippen LogP contribution is -2.58. The third kappa shape index (κ3) is 5.13. The van der Waals surface area contributed by atoms with Crippen molar-refractivity contribution >= 4 is 11.7 Å². The van der Waals surface area contributed by atoms with Gasteiger partial charge in [0, 0.05) is 44.0 Å². The number of rotatable bonds is 6. The average molecular weight is 370 g/mol. The highest BCUT2D eigenvalue weighted by atomic mass is 16.5. The molecule has 3 heterocycles. The number of pyridine rings is 1. The fourth-order valence-electron chi connectivity index (χ4n) is 3.03. The van der Waals surface area contributed by atoms with Crippen molar-refractivity contribution in [3.05, 3.63) is 41.7 Å². The van der Waals surface area contributed by atoms with E-state index in [2.05, 4.69) is 39.7 Å².